The van der Waals surface area contributed by atoms with Crippen LogP contribution in [0.2, 0.25) is 0 Å². The highest BCUT2D eigenvalue weighted by atomic mass is 32.2. The average molecular weight is 360 g/mol. The first-order chi connectivity index (χ1) is 11.5. The van der Waals surface area contributed by atoms with E-state index in [0.717, 1.165) is 23.1 Å². The van der Waals surface area contributed by atoms with Crippen LogP contribution in [0.15, 0.2) is 29.4 Å². The molecule has 0 aliphatic heterocycles. The van der Waals surface area contributed by atoms with Gasteiger partial charge in [-0.15, -0.1) is 10.2 Å². The fourth-order valence-corrected chi connectivity index (χ4v) is 3.52. The van der Waals surface area contributed by atoms with Crippen LogP contribution < -0.4 is 0 Å². The van der Waals surface area contributed by atoms with Gasteiger partial charge in [0.1, 0.15) is 5.78 Å². The van der Waals surface area contributed by atoms with Gasteiger partial charge in [0.05, 0.1) is 5.75 Å². The first kappa shape index (κ1) is 19.7. The van der Waals surface area contributed by atoms with Gasteiger partial charge in [0, 0.05) is 17.5 Å². The first-order valence-electron chi connectivity index (χ1n) is 8.74. The van der Waals surface area contributed by atoms with Crippen LogP contribution in [0.25, 0.3) is 11.4 Å². The number of carbonyl (C=O) groups is 1. The lowest BCUT2D eigenvalue weighted by atomic mass is 9.87. The van der Waals surface area contributed by atoms with Crippen molar-refractivity contribution in [2.75, 3.05) is 5.75 Å². The summed E-state index contributed by atoms with van der Waals surface area (Å²) in [5.74, 6) is 1.50. The zero-order chi connectivity index (χ0) is 18.8. The Hall–Kier alpha value is -1.62. The fraction of sp³-hybridized carbons (Fsp3) is 0.550. The molecule has 0 aliphatic carbocycles. The number of ketones is 1. The molecule has 0 fully saturated rings. The molecule has 0 amide bonds. The Labute approximate surface area is 155 Å². The third-order valence-corrected chi connectivity index (χ3v) is 5.18. The molecule has 0 unspecified atom stereocenters. The molecule has 136 valence electrons. The van der Waals surface area contributed by atoms with Crippen LogP contribution in [-0.2, 0) is 16.8 Å². The standard InChI is InChI=1S/C20H29N3OS/c1-8-23-17(14-9-11-15(12-10-14)19(2,3)4)21-22-18(23)25-13-16(24)20(5,6)7/h9-12H,8,13H2,1-7H3. The number of thioether (sulfide) groups is 1. The SMILES string of the molecule is CCn1c(SCC(=O)C(C)(C)C)nnc1-c1ccc(C(C)(C)C)cc1. The Balaban J connectivity index is 2.23. The largest absolute Gasteiger partial charge is 0.302 e. The van der Waals surface area contributed by atoms with Gasteiger partial charge in [0.25, 0.3) is 0 Å². The van der Waals surface area contributed by atoms with Crippen LogP contribution in [0.1, 0.15) is 54.0 Å². The van der Waals surface area contributed by atoms with E-state index in [1.165, 1.54) is 17.3 Å². The highest BCUT2D eigenvalue weighted by Gasteiger charge is 2.23. The molecule has 0 saturated heterocycles. The highest BCUT2D eigenvalue weighted by Crippen LogP contribution is 2.28. The predicted octanol–water partition coefficient (Wildman–Crippen LogP) is 4.97. The van der Waals surface area contributed by atoms with Crippen molar-refractivity contribution in [1.82, 2.24) is 14.8 Å². The van der Waals surface area contributed by atoms with E-state index in [9.17, 15) is 4.79 Å². The van der Waals surface area contributed by atoms with E-state index in [-0.39, 0.29) is 16.6 Å². The van der Waals surface area contributed by atoms with Crippen LogP contribution in [0, 0.1) is 5.41 Å². The van der Waals surface area contributed by atoms with Gasteiger partial charge < -0.3 is 4.57 Å². The summed E-state index contributed by atoms with van der Waals surface area (Å²) in [6, 6.07) is 8.51. The van der Waals surface area contributed by atoms with Crippen molar-refractivity contribution in [3.63, 3.8) is 0 Å². The van der Waals surface area contributed by atoms with E-state index >= 15 is 0 Å². The molecule has 2 rings (SSSR count). The molecule has 1 heterocycles. The van der Waals surface area contributed by atoms with Crippen molar-refractivity contribution >= 4 is 17.5 Å². The van der Waals surface area contributed by atoms with Crippen LogP contribution in [0.3, 0.4) is 0 Å². The minimum Gasteiger partial charge on any atom is -0.302 e. The van der Waals surface area contributed by atoms with Crippen molar-refractivity contribution in [1.29, 1.82) is 0 Å². The van der Waals surface area contributed by atoms with Crippen molar-refractivity contribution in [3.8, 4) is 11.4 Å². The second-order valence-electron chi connectivity index (χ2n) is 8.34. The monoisotopic (exact) mass is 359 g/mol. The number of hydrogen-bond donors (Lipinski definition) is 0. The van der Waals surface area contributed by atoms with E-state index in [1.807, 2.05) is 20.8 Å². The summed E-state index contributed by atoms with van der Waals surface area (Å²) in [4.78, 5) is 12.2. The van der Waals surface area contributed by atoms with Crippen molar-refractivity contribution in [2.24, 2.45) is 5.41 Å². The lowest BCUT2D eigenvalue weighted by molar-refractivity contribution is -0.123. The van der Waals surface area contributed by atoms with Gasteiger partial charge >= 0.3 is 0 Å². The lowest BCUT2D eigenvalue weighted by Crippen LogP contribution is -2.22. The smallest absolute Gasteiger partial charge is 0.191 e. The Morgan fingerprint density at radius 1 is 1.04 bits per heavy atom. The van der Waals surface area contributed by atoms with Gasteiger partial charge in [-0.25, -0.2) is 0 Å². The first-order valence-corrected chi connectivity index (χ1v) is 9.73. The molecule has 0 saturated carbocycles. The second-order valence-corrected chi connectivity index (χ2v) is 9.28. The fourth-order valence-electron chi connectivity index (χ4n) is 2.36. The normalized spacial score (nSPS) is 12.4. The molecule has 0 radical (unpaired) electrons. The van der Waals surface area contributed by atoms with Gasteiger partial charge in [-0.2, -0.15) is 0 Å². The summed E-state index contributed by atoms with van der Waals surface area (Å²) in [7, 11) is 0. The highest BCUT2D eigenvalue weighted by molar-refractivity contribution is 7.99. The summed E-state index contributed by atoms with van der Waals surface area (Å²) >= 11 is 1.47. The molecule has 0 aliphatic rings. The van der Waals surface area contributed by atoms with Crippen molar-refractivity contribution in [3.05, 3.63) is 29.8 Å². The quantitative estimate of drug-likeness (QED) is 0.707. The molecule has 25 heavy (non-hydrogen) atoms. The van der Waals surface area contributed by atoms with Crippen molar-refractivity contribution in [2.45, 2.75) is 65.6 Å². The number of rotatable bonds is 5. The molecule has 0 bridgehead atoms. The molecule has 1 aromatic carbocycles. The average Bonchev–Trinajstić information content (AvgIpc) is 2.93. The van der Waals surface area contributed by atoms with Crippen LogP contribution in [0.5, 0.6) is 0 Å². The van der Waals surface area contributed by atoms with Crippen LogP contribution >= 0.6 is 11.8 Å². The predicted molar refractivity (Wildman–Crippen MR) is 105 cm³/mol. The number of Topliss-reactive ketones (excluding diaryl/α,β-unsaturated/α-hetero) is 1. The van der Waals surface area contributed by atoms with Gasteiger partial charge in [-0.05, 0) is 17.9 Å². The number of carbonyl (C=O) groups excluding carboxylic acids is 1. The maximum Gasteiger partial charge on any atom is 0.191 e. The summed E-state index contributed by atoms with van der Waals surface area (Å²) in [6.45, 7) is 15.3. The Morgan fingerprint density at radius 3 is 2.12 bits per heavy atom. The van der Waals surface area contributed by atoms with E-state index in [1.54, 1.807) is 0 Å². The molecular weight excluding hydrogens is 330 g/mol. The van der Waals surface area contributed by atoms with E-state index in [0.29, 0.717) is 5.75 Å². The number of benzene rings is 1. The molecule has 2 aromatic rings. The number of nitrogens with zero attached hydrogens (tertiary/aromatic N) is 3. The summed E-state index contributed by atoms with van der Waals surface area (Å²) in [5.41, 5.74) is 2.15. The Morgan fingerprint density at radius 2 is 1.64 bits per heavy atom. The molecular formula is C20H29N3OS. The third-order valence-electron chi connectivity index (χ3n) is 4.21. The lowest BCUT2D eigenvalue weighted by Gasteiger charge is -2.19. The summed E-state index contributed by atoms with van der Waals surface area (Å²) in [6.07, 6.45) is 0. The Bertz CT molecular complexity index is 734. The third kappa shape index (κ3) is 4.72. The molecule has 0 atom stereocenters. The minimum atomic E-state index is -0.324. The molecule has 5 heteroatoms. The van der Waals surface area contributed by atoms with Crippen LogP contribution in [0.4, 0.5) is 0 Å². The molecule has 0 spiro atoms. The maximum absolute atomic E-state index is 12.2. The van der Waals surface area contributed by atoms with E-state index in [4.69, 9.17) is 0 Å². The Kier molecular flexibility index (Phi) is 5.77. The van der Waals surface area contributed by atoms with Gasteiger partial charge in [0.15, 0.2) is 11.0 Å². The van der Waals surface area contributed by atoms with Gasteiger partial charge in [-0.1, -0.05) is 77.6 Å². The minimum absolute atomic E-state index is 0.130. The van der Waals surface area contributed by atoms with Gasteiger partial charge in [-0.3, -0.25) is 4.79 Å². The molecule has 4 nitrogen and oxygen atoms in total. The van der Waals surface area contributed by atoms with E-state index in [2.05, 4.69) is 66.7 Å². The van der Waals surface area contributed by atoms with Crippen molar-refractivity contribution < 1.29 is 4.79 Å². The number of aromatic nitrogens is 3. The molecule has 0 N–H and O–H groups in total. The van der Waals surface area contributed by atoms with Crippen LogP contribution in [-0.4, -0.2) is 26.3 Å². The summed E-state index contributed by atoms with van der Waals surface area (Å²) in [5, 5.41) is 9.48. The molecule has 1 aromatic heterocycles. The zero-order valence-electron chi connectivity index (χ0n) is 16.4. The van der Waals surface area contributed by atoms with Gasteiger partial charge in [0.2, 0.25) is 0 Å². The zero-order valence-corrected chi connectivity index (χ0v) is 17.2. The number of hydrogen-bond acceptors (Lipinski definition) is 4. The topological polar surface area (TPSA) is 47.8 Å². The van der Waals surface area contributed by atoms with E-state index < -0.39 is 0 Å². The maximum atomic E-state index is 12.2. The second kappa shape index (κ2) is 7.32. The summed E-state index contributed by atoms with van der Waals surface area (Å²) < 4.78 is 2.08.